The van der Waals surface area contributed by atoms with E-state index in [0.717, 1.165) is 19.3 Å². The second-order valence-corrected chi connectivity index (χ2v) is 2.74. The van der Waals surface area contributed by atoms with Crippen molar-refractivity contribution in [3.05, 3.63) is 12.2 Å². The standard InChI is InChI=1S/C8H12O2/c9-8(10)6-5-7-3-1-2-4-7/h1-2,7H,3-6H2,(H,9,10). The van der Waals surface area contributed by atoms with E-state index in [2.05, 4.69) is 12.2 Å². The van der Waals surface area contributed by atoms with Crippen molar-refractivity contribution in [2.45, 2.75) is 25.7 Å². The maximum Gasteiger partial charge on any atom is 0.303 e. The van der Waals surface area contributed by atoms with E-state index >= 15 is 0 Å². The fourth-order valence-corrected chi connectivity index (χ4v) is 1.24. The van der Waals surface area contributed by atoms with Crippen LogP contribution in [0.2, 0.25) is 0 Å². The summed E-state index contributed by atoms with van der Waals surface area (Å²) < 4.78 is 0. The zero-order chi connectivity index (χ0) is 7.40. The fraction of sp³-hybridized carbons (Fsp3) is 0.625. The lowest BCUT2D eigenvalue weighted by atomic mass is 10.0. The molecule has 0 spiro atoms. The van der Waals surface area contributed by atoms with Gasteiger partial charge < -0.3 is 5.11 Å². The smallest absolute Gasteiger partial charge is 0.303 e. The molecular formula is C8H12O2. The number of rotatable bonds is 3. The van der Waals surface area contributed by atoms with Gasteiger partial charge in [-0.05, 0) is 25.2 Å². The van der Waals surface area contributed by atoms with E-state index in [1.165, 1.54) is 0 Å². The van der Waals surface area contributed by atoms with Gasteiger partial charge in [-0.1, -0.05) is 12.2 Å². The molecule has 0 radical (unpaired) electrons. The van der Waals surface area contributed by atoms with E-state index in [4.69, 9.17) is 5.11 Å². The van der Waals surface area contributed by atoms with Gasteiger partial charge in [0.15, 0.2) is 0 Å². The molecule has 1 N–H and O–H groups in total. The molecule has 0 aromatic rings. The van der Waals surface area contributed by atoms with Gasteiger partial charge in [-0.3, -0.25) is 4.79 Å². The lowest BCUT2D eigenvalue weighted by Crippen LogP contribution is -2.00. The van der Waals surface area contributed by atoms with Crippen LogP contribution in [0.25, 0.3) is 0 Å². The van der Waals surface area contributed by atoms with E-state index in [-0.39, 0.29) is 0 Å². The van der Waals surface area contributed by atoms with E-state index in [9.17, 15) is 4.79 Å². The predicted molar refractivity (Wildman–Crippen MR) is 38.7 cm³/mol. The van der Waals surface area contributed by atoms with Gasteiger partial charge in [-0.25, -0.2) is 0 Å². The molecule has 0 aliphatic heterocycles. The minimum absolute atomic E-state index is 0.326. The largest absolute Gasteiger partial charge is 0.481 e. The van der Waals surface area contributed by atoms with Gasteiger partial charge in [-0.2, -0.15) is 0 Å². The van der Waals surface area contributed by atoms with Crippen LogP contribution in [0, 0.1) is 5.92 Å². The quantitative estimate of drug-likeness (QED) is 0.607. The second-order valence-electron chi connectivity index (χ2n) is 2.74. The summed E-state index contributed by atoms with van der Waals surface area (Å²) in [7, 11) is 0. The summed E-state index contributed by atoms with van der Waals surface area (Å²) in [6.45, 7) is 0. The summed E-state index contributed by atoms with van der Waals surface area (Å²) in [5.41, 5.74) is 0. The van der Waals surface area contributed by atoms with Crippen molar-refractivity contribution in [3.63, 3.8) is 0 Å². The summed E-state index contributed by atoms with van der Waals surface area (Å²) >= 11 is 0. The van der Waals surface area contributed by atoms with Crippen LogP contribution in [-0.4, -0.2) is 11.1 Å². The van der Waals surface area contributed by atoms with Crippen molar-refractivity contribution in [3.8, 4) is 0 Å². The number of hydrogen-bond acceptors (Lipinski definition) is 1. The number of hydrogen-bond donors (Lipinski definition) is 1. The van der Waals surface area contributed by atoms with Crippen LogP contribution in [0.1, 0.15) is 25.7 Å². The van der Waals surface area contributed by atoms with Crippen LogP contribution < -0.4 is 0 Å². The molecule has 1 aliphatic rings. The van der Waals surface area contributed by atoms with Gasteiger partial charge in [0.05, 0.1) is 0 Å². The first-order valence-electron chi connectivity index (χ1n) is 3.66. The third kappa shape index (κ3) is 2.21. The molecule has 0 heterocycles. The van der Waals surface area contributed by atoms with E-state index in [0.29, 0.717) is 12.3 Å². The Bertz CT molecular complexity index is 141. The SMILES string of the molecule is O=C(O)CCC1CC=CC1. The highest BCUT2D eigenvalue weighted by atomic mass is 16.4. The van der Waals surface area contributed by atoms with Crippen LogP contribution >= 0.6 is 0 Å². The Kier molecular flexibility index (Phi) is 2.49. The Morgan fingerprint density at radius 1 is 1.50 bits per heavy atom. The van der Waals surface area contributed by atoms with Gasteiger partial charge in [0, 0.05) is 6.42 Å². The number of aliphatic carboxylic acids is 1. The van der Waals surface area contributed by atoms with Gasteiger partial charge in [0.2, 0.25) is 0 Å². The van der Waals surface area contributed by atoms with Crippen LogP contribution in [0.15, 0.2) is 12.2 Å². The molecule has 1 rings (SSSR count). The van der Waals surface area contributed by atoms with Gasteiger partial charge in [-0.15, -0.1) is 0 Å². The minimum Gasteiger partial charge on any atom is -0.481 e. The molecule has 0 aromatic heterocycles. The van der Waals surface area contributed by atoms with Crippen molar-refractivity contribution < 1.29 is 9.90 Å². The number of carbonyl (C=O) groups is 1. The zero-order valence-electron chi connectivity index (χ0n) is 5.92. The molecule has 56 valence electrons. The summed E-state index contributed by atoms with van der Waals surface area (Å²) in [5, 5.41) is 8.35. The highest BCUT2D eigenvalue weighted by molar-refractivity contribution is 5.66. The maximum atomic E-state index is 10.1. The Morgan fingerprint density at radius 2 is 2.10 bits per heavy atom. The molecule has 2 heteroatoms. The first-order chi connectivity index (χ1) is 4.79. The molecule has 0 bridgehead atoms. The molecule has 0 saturated carbocycles. The molecule has 1 aliphatic carbocycles. The minimum atomic E-state index is -0.674. The first-order valence-corrected chi connectivity index (χ1v) is 3.66. The lowest BCUT2D eigenvalue weighted by molar-refractivity contribution is -0.137. The third-order valence-electron chi connectivity index (χ3n) is 1.87. The van der Waals surface area contributed by atoms with E-state index in [1.807, 2.05) is 0 Å². The number of allylic oxidation sites excluding steroid dienone is 2. The van der Waals surface area contributed by atoms with Gasteiger partial charge in [0.1, 0.15) is 0 Å². The third-order valence-corrected chi connectivity index (χ3v) is 1.87. The fourth-order valence-electron chi connectivity index (χ4n) is 1.24. The molecule has 0 atom stereocenters. The molecule has 0 aromatic carbocycles. The zero-order valence-corrected chi connectivity index (χ0v) is 5.92. The van der Waals surface area contributed by atoms with Crippen molar-refractivity contribution in [2.24, 2.45) is 5.92 Å². The highest BCUT2D eigenvalue weighted by Gasteiger charge is 2.10. The Labute approximate surface area is 60.6 Å². The van der Waals surface area contributed by atoms with E-state index < -0.39 is 5.97 Å². The molecule has 10 heavy (non-hydrogen) atoms. The van der Waals surface area contributed by atoms with Crippen molar-refractivity contribution in [2.75, 3.05) is 0 Å². The monoisotopic (exact) mass is 140 g/mol. The lowest BCUT2D eigenvalue weighted by Gasteiger charge is -2.04. The van der Waals surface area contributed by atoms with Crippen LogP contribution in [0.5, 0.6) is 0 Å². The van der Waals surface area contributed by atoms with Crippen LogP contribution in [0.3, 0.4) is 0 Å². The average Bonchev–Trinajstić information content (AvgIpc) is 2.34. The first kappa shape index (κ1) is 7.32. The summed E-state index contributed by atoms with van der Waals surface area (Å²) in [6, 6.07) is 0. The van der Waals surface area contributed by atoms with E-state index in [1.54, 1.807) is 0 Å². The van der Waals surface area contributed by atoms with Crippen LogP contribution in [0.4, 0.5) is 0 Å². The van der Waals surface area contributed by atoms with Crippen molar-refractivity contribution >= 4 is 5.97 Å². The Morgan fingerprint density at radius 3 is 2.60 bits per heavy atom. The number of carboxylic acids is 1. The van der Waals surface area contributed by atoms with Gasteiger partial charge in [0.25, 0.3) is 0 Å². The highest BCUT2D eigenvalue weighted by Crippen LogP contribution is 2.22. The maximum absolute atomic E-state index is 10.1. The van der Waals surface area contributed by atoms with Crippen molar-refractivity contribution in [1.29, 1.82) is 0 Å². The average molecular weight is 140 g/mol. The van der Waals surface area contributed by atoms with Gasteiger partial charge >= 0.3 is 5.97 Å². The summed E-state index contributed by atoms with van der Waals surface area (Å²) in [4.78, 5) is 10.1. The number of carboxylic acid groups (broad SMARTS) is 1. The normalized spacial score (nSPS) is 18.0. The second kappa shape index (κ2) is 3.40. The molecule has 2 nitrogen and oxygen atoms in total. The molecule has 0 saturated heterocycles. The molecular weight excluding hydrogens is 128 g/mol. The predicted octanol–water partition coefficient (Wildman–Crippen LogP) is 1.82. The Balaban J connectivity index is 2.09. The molecule has 0 amide bonds. The molecule has 0 unspecified atom stereocenters. The Hall–Kier alpha value is -0.790. The topological polar surface area (TPSA) is 37.3 Å². The summed E-state index contributed by atoms with van der Waals surface area (Å²) in [5.74, 6) is -0.0667. The van der Waals surface area contributed by atoms with Crippen LogP contribution in [-0.2, 0) is 4.79 Å². The summed E-state index contributed by atoms with van der Waals surface area (Å²) in [6.07, 6.45) is 7.58. The van der Waals surface area contributed by atoms with Crippen molar-refractivity contribution in [1.82, 2.24) is 0 Å². The molecule has 0 fully saturated rings.